The Morgan fingerprint density at radius 2 is 1.80 bits per heavy atom. The first-order valence-corrected chi connectivity index (χ1v) is 13.1. The van der Waals surface area contributed by atoms with Gasteiger partial charge in [0.05, 0.1) is 47.0 Å². The van der Waals surface area contributed by atoms with Crippen molar-refractivity contribution in [3.05, 3.63) is 117 Å². The van der Waals surface area contributed by atoms with Crippen LogP contribution in [0.1, 0.15) is 51.5 Å². The molecule has 202 valence electrons. The minimum Gasteiger partial charge on any atom is -0.344 e. The number of hydrogen-bond donors (Lipinski definition) is 1. The molecule has 1 amide bonds. The number of aromatic nitrogens is 7. The number of carbonyl (C=O) groups is 1. The Labute approximate surface area is 235 Å². The van der Waals surface area contributed by atoms with E-state index in [9.17, 15) is 9.59 Å². The third kappa shape index (κ3) is 4.53. The predicted molar refractivity (Wildman–Crippen MR) is 155 cm³/mol. The molecule has 1 atom stereocenters. The molecule has 0 fully saturated rings. The lowest BCUT2D eigenvalue weighted by atomic mass is 10.0. The molecule has 6 aromatic rings. The summed E-state index contributed by atoms with van der Waals surface area (Å²) in [5, 5.41) is 20.9. The maximum Gasteiger partial charge on any atom is 0.264 e. The molecule has 6 rings (SSSR count). The molecular weight excluding hydrogens is 516 g/mol. The van der Waals surface area contributed by atoms with Gasteiger partial charge < -0.3 is 5.32 Å². The number of para-hydroxylation sites is 1. The number of nitrogens with zero attached hydrogens (tertiary/aromatic N) is 7. The topological polar surface area (TPSA) is 112 Å². The smallest absolute Gasteiger partial charge is 0.264 e. The Balaban J connectivity index is 1.48. The predicted octanol–water partition coefficient (Wildman–Crippen LogP) is 3.67. The zero-order chi connectivity index (χ0) is 28.7. The number of amides is 1. The Hall–Kier alpha value is -5.56. The van der Waals surface area contributed by atoms with E-state index >= 15 is 0 Å². The first kappa shape index (κ1) is 25.7. The molecule has 0 saturated heterocycles. The van der Waals surface area contributed by atoms with E-state index in [-0.39, 0.29) is 11.5 Å². The first-order valence-electron chi connectivity index (χ1n) is 13.1. The van der Waals surface area contributed by atoms with Crippen molar-refractivity contribution in [2.24, 2.45) is 7.05 Å². The van der Waals surface area contributed by atoms with Crippen LogP contribution < -0.4 is 10.9 Å². The van der Waals surface area contributed by atoms with Gasteiger partial charge in [-0.05, 0) is 50.4 Å². The molecule has 0 aliphatic carbocycles. The number of rotatable bonds is 4. The van der Waals surface area contributed by atoms with Crippen LogP contribution in [0.15, 0.2) is 78.0 Å². The van der Waals surface area contributed by atoms with Crippen LogP contribution in [-0.2, 0) is 7.05 Å². The van der Waals surface area contributed by atoms with Gasteiger partial charge in [-0.3, -0.25) is 18.8 Å². The van der Waals surface area contributed by atoms with Gasteiger partial charge in [0.25, 0.3) is 11.5 Å². The zero-order valence-corrected chi connectivity index (χ0v) is 23.0. The molecule has 0 radical (unpaired) electrons. The van der Waals surface area contributed by atoms with Crippen LogP contribution >= 0.6 is 0 Å². The van der Waals surface area contributed by atoms with Gasteiger partial charge in [0.15, 0.2) is 5.65 Å². The van der Waals surface area contributed by atoms with Gasteiger partial charge in [0, 0.05) is 24.0 Å². The second-order valence-electron chi connectivity index (χ2n) is 9.77. The van der Waals surface area contributed by atoms with Crippen molar-refractivity contribution in [2.75, 3.05) is 0 Å². The van der Waals surface area contributed by atoms with Crippen LogP contribution in [0.25, 0.3) is 22.1 Å². The van der Waals surface area contributed by atoms with Crippen LogP contribution in [0.4, 0.5) is 0 Å². The lowest BCUT2D eigenvalue weighted by molar-refractivity contribution is 0.0939. The van der Waals surface area contributed by atoms with E-state index in [0.717, 1.165) is 16.6 Å². The van der Waals surface area contributed by atoms with Crippen molar-refractivity contribution in [3.8, 4) is 17.5 Å². The minimum atomic E-state index is -0.543. The highest BCUT2D eigenvalue weighted by molar-refractivity contribution is 6.01. The standard InChI is InChI=1S/C31H26N8O2/c1-19(34-30(40)27-20(2)36-38-16-15-32-35-29(27)38)26-17-23-10-8-9-22(13-14-24-18-33-37(4)21(24)3)28(23)31(41)39(26)25-11-6-5-7-12-25/h5-12,15-19H,1-4H3,(H,34,40)/t19-/m0/s1. The van der Waals surface area contributed by atoms with Crippen LogP contribution in [-0.4, -0.2) is 40.1 Å². The van der Waals surface area contributed by atoms with E-state index < -0.39 is 6.04 Å². The maximum atomic E-state index is 14.2. The van der Waals surface area contributed by atoms with Gasteiger partial charge in [0.1, 0.15) is 5.56 Å². The van der Waals surface area contributed by atoms with Gasteiger partial charge in [-0.1, -0.05) is 42.2 Å². The summed E-state index contributed by atoms with van der Waals surface area (Å²) in [6.45, 7) is 5.55. The summed E-state index contributed by atoms with van der Waals surface area (Å²) in [6.07, 6.45) is 4.87. The van der Waals surface area contributed by atoms with Crippen molar-refractivity contribution in [1.82, 2.24) is 39.5 Å². The molecule has 10 heteroatoms. The maximum absolute atomic E-state index is 14.2. The number of carbonyl (C=O) groups excluding carboxylic acids is 1. The lowest BCUT2D eigenvalue weighted by Gasteiger charge is -2.21. The summed E-state index contributed by atoms with van der Waals surface area (Å²) in [6, 6.07) is 16.4. The summed E-state index contributed by atoms with van der Waals surface area (Å²) >= 11 is 0. The average molecular weight is 543 g/mol. The molecule has 0 aliphatic heterocycles. The van der Waals surface area contributed by atoms with E-state index in [1.54, 1.807) is 28.6 Å². The quantitative estimate of drug-likeness (QED) is 0.340. The molecule has 10 nitrogen and oxygen atoms in total. The fourth-order valence-corrected chi connectivity index (χ4v) is 4.93. The van der Waals surface area contributed by atoms with Crippen molar-refractivity contribution >= 4 is 22.3 Å². The Bertz CT molecular complexity index is 2080. The Kier molecular flexibility index (Phi) is 6.40. The van der Waals surface area contributed by atoms with Crippen LogP contribution in [0.2, 0.25) is 0 Å². The Morgan fingerprint density at radius 3 is 2.56 bits per heavy atom. The van der Waals surface area contributed by atoms with Crippen LogP contribution in [0.5, 0.6) is 0 Å². The van der Waals surface area contributed by atoms with Crippen molar-refractivity contribution < 1.29 is 4.79 Å². The molecule has 4 heterocycles. The van der Waals surface area contributed by atoms with Crippen LogP contribution in [0.3, 0.4) is 0 Å². The molecule has 41 heavy (non-hydrogen) atoms. The highest BCUT2D eigenvalue weighted by Gasteiger charge is 2.23. The lowest BCUT2D eigenvalue weighted by Crippen LogP contribution is -2.32. The summed E-state index contributed by atoms with van der Waals surface area (Å²) in [5.41, 5.74) is 4.66. The molecule has 0 saturated carbocycles. The number of hydrogen-bond acceptors (Lipinski definition) is 6. The summed E-state index contributed by atoms with van der Waals surface area (Å²) in [4.78, 5) is 27.7. The molecule has 1 N–H and O–H groups in total. The number of aryl methyl sites for hydroxylation is 2. The number of fused-ring (bicyclic) bond motifs is 2. The first-order chi connectivity index (χ1) is 19.8. The largest absolute Gasteiger partial charge is 0.344 e. The highest BCUT2D eigenvalue weighted by Crippen LogP contribution is 2.24. The second-order valence-corrected chi connectivity index (χ2v) is 9.77. The van der Waals surface area contributed by atoms with Gasteiger partial charge in [-0.15, -0.1) is 5.10 Å². The van der Waals surface area contributed by atoms with E-state index in [4.69, 9.17) is 0 Å². The molecule has 0 spiro atoms. The Morgan fingerprint density at radius 1 is 1.02 bits per heavy atom. The second kappa shape index (κ2) is 10.2. The number of benzene rings is 2. The summed E-state index contributed by atoms with van der Waals surface area (Å²) in [7, 11) is 1.86. The number of nitrogens with one attached hydrogen (secondary N) is 1. The zero-order valence-electron chi connectivity index (χ0n) is 23.0. The monoisotopic (exact) mass is 542 g/mol. The van der Waals surface area contributed by atoms with Gasteiger partial charge in [-0.2, -0.15) is 15.3 Å². The molecule has 0 bridgehead atoms. The molecule has 0 aliphatic rings. The average Bonchev–Trinajstić information content (AvgIpc) is 3.49. The molecular formula is C31H26N8O2. The third-order valence-corrected chi connectivity index (χ3v) is 7.16. The van der Waals surface area contributed by atoms with Crippen LogP contribution in [0, 0.1) is 25.7 Å². The minimum absolute atomic E-state index is 0.226. The molecule has 0 unspecified atom stereocenters. The third-order valence-electron chi connectivity index (χ3n) is 7.16. The molecule has 2 aromatic carbocycles. The van der Waals surface area contributed by atoms with Gasteiger partial charge >= 0.3 is 0 Å². The highest BCUT2D eigenvalue weighted by atomic mass is 16.2. The van der Waals surface area contributed by atoms with Crippen molar-refractivity contribution in [2.45, 2.75) is 26.8 Å². The van der Waals surface area contributed by atoms with Crippen molar-refractivity contribution in [3.63, 3.8) is 0 Å². The van der Waals surface area contributed by atoms with E-state index in [2.05, 4.69) is 37.6 Å². The van der Waals surface area contributed by atoms with E-state index in [1.807, 2.05) is 75.5 Å². The van der Waals surface area contributed by atoms with E-state index in [1.165, 1.54) is 10.7 Å². The van der Waals surface area contributed by atoms with Gasteiger partial charge in [-0.25, -0.2) is 4.52 Å². The fourth-order valence-electron chi connectivity index (χ4n) is 4.93. The van der Waals surface area contributed by atoms with E-state index in [0.29, 0.717) is 39.2 Å². The summed E-state index contributed by atoms with van der Waals surface area (Å²) in [5.74, 6) is 6.00. The fraction of sp³-hybridized carbons (Fsp3) is 0.161. The summed E-state index contributed by atoms with van der Waals surface area (Å²) < 4.78 is 4.92. The molecule has 4 aromatic heterocycles. The number of pyridine rings is 1. The van der Waals surface area contributed by atoms with Gasteiger partial charge in [0.2, 0.25) is 0 Å². The normalized spacial score (nSPS) is 11.8. The van der Waals surface area contributed by atoms with Crippen molar-refractivity contribution in [1.29, 1.82) is 0 Å². The SMILES string of the molecule is Cc1nn2ccnnc2c1C(=O)N[C@@H](C)c1cc2cccc(C#Cc3cnn(C)c3C)c2c(=O)n1-c1ccccc1.